The van der Waals surface area contributed by atoms with E-state index in [-0.39, 0.29) is 11.9 Å². The van der Waals surface area contributed by atoms with Crippen molar-refractivity contribution in [2.45, 2.75) is 12.5 Å². The summed E-state index contributed by atoms with van der Waals surface area (Å²) in [6, 6.07) is 11.6. The summed E-state index contributed by atoms with van der Waals surface area (Å²) < 4.78 is 13.0. The molecule has 0 aliphatic carbocycles. The topological polar surface area (TPSA) is 38.0 Å². The Labute approximate surface area is 121 Å². The maximum atomic E-state index is 13.0. The van der Waals surface area contributed by atoms with Crippen LogP contribution in [0.4, 0.5) is 4.39 Å². The van der Waals surface area contributed by atoms with Gasteiger partial charge in [0.1, 0.15) is 5.82 Å². The Morgan fingerprint density at radius 2 is 1.79 bits per heavy atom. The number of rotatable bonds is 4. The van der Waals surface area contributed by atoms with Gasteiger partial charge in [0, 0.05) is 10.0 Å². The highest BCUT2D eigenvalue weighted by molar-refractivity contribution is 6.31. The van der Waals surface area contributed by atoms with Crippen LogP contribution in [0.2, 0.25) is 10.0 Å². The highest BCUT2D eigenvalue weighted by Crippen LogP contribution is 2.24. The maximum Gasteiger partial charge on any atom is 0.124 e. The fraction of sp³-hybridized carbons (Fsp3) is 0.143. The van der Waals surface area contributed by atoms with Crippen LogP contribution in [0, 0.1) is 5.82 Å². The molecule has 0 radical (unpaired) electrons. The Kier molecular flexibility index (Phi) is 4.77. The molecule has 0 saturated carbocycles. The second-order valence-electron chi connectivity index (χ2n) is 4.21. The summed E-state index contributed by atoms with van der Waals surface area (Å²) in [5.41, 5.74) is 4.56. The van der Waals surface area contributed by atoms with Gasteiger partial charge in [0.15, 0.2) is 0 Å². The lowest BCUT2D eigenvalue weighted by atomic mass is 9.99. The van der Waals surface area contributed by atoms with Crippen LogP contribution in [0.1, 0.15) is 17.2 Å². The second kappa shape index (κ2) is 6.35. The molecule has 0 heterocycles. The van der Waals surface area contributed by atoms with Gasteiger partial charge in [-0.3, -0.25) is 11.3 Å². The van der Waals surface area contributed by atoms with Crippen LogP contribution in [-0.4, -0.2) is 0 Å². The van der Waals surface area contributed by atoms with Gasteiger partial charge in [-0.05, 0) is 41.8 Å². The van der Waals surface area contributed by atoms with Gasteiger partial charge in [-0.15, -0.1) is 0 Å². The zero-order chi connectivity index (χ0) is 13.8. The van der Waals surface area contributed by atoms with Gasteiger partial charge in [0.2, 0.25) is 0 Å². The van der Waals surface area contributed by atoms with Gasteiger partial charge >= 0.3 is 0 Å². The highest BCUT2D eigenvalue weighted by Gasteiger charge is 2.13. The molecule has 0 bridgehead atoms. The van der Waals surface area contributed by atoms with E-state index in [2.05, 4.69) is 5.43 Å². The van der Waals surface area contributed by atoms with E-state index in [0.717, 1.165) is 11.1 Å². The molecule has 0 aliphatic heterocycles. The first-order valence-corrected chi connectivity index (χ1v) is 6.51. The van der Waals surface area contributed by atoms with Crippen LogP contribution in [0.25, 0.3) is 0 Å². The average molecular weight is 299 g/mol. The van der Waals surface area contributed by atoms with Gasteiger partial charge in [0.25, 0.3) is 0 Å². The molecule has 0 aliphatic rings. The summed E-state index contributed by atoms with van der Waals surface area (Å²) >= 11 is 11.9. The summed E-state index contributed by atoms with van der Waals surface area (Å²) in [5.74, 6) is 5.22. The number of nitrogens with two attached hydrogens (primary N) is 1. The van der Waals surface area contributed by atoms with E-state index in [0.29, 0.717) is 16.5 Å². The van der Waals surface area contributed by atoms with Crippen molar-refractivity contribution in [1.29, 1.82) is 0 Å². The molecule has 19 heavy (non-hydrogen) atoms. The molecule has 0 spiro atoms. The summed E-state index contributed by atoms with van der Waals surface area (Å²) in [4.78, 5) is 0. The minimum Gasteiger partial charge on any atom is -0.271 e. The fourth-order valence-electron chi connectivity index (χ4n) is 1.88. The number of hydrogen-bond acceptors (Lipinski definition) is 2. The van der Waals surface area contributed by atoms with Crippen molar-refractivity contribution < 1.29 is 4.39 Å². The molecule has 1 unspecified atom stereocenters. The molecule has 2 nitrogen and oxygen atoms in total. The van der Waals surface area contributed by atoms with Crippen LogP contribution in [0.3, 0.4) is 0 Å². The largest absolute Gasteiger partial charge is 0.271 e. The smallest absolute Gasteiger partial charge is 0.124 e. The number of hydrogen-bond donors (Lipinski definition) is 2. The van der Waals surface area contributed by atoms with Crippen molar-refractivity contribution in [2.24, 2.45) is 5.84 Å². The van der Waals surface area contributed by atoms with E-state index in [9.17, 15) is 4.39 Å². The van der Waals surface area contributed by atoms with E-state index in [1.165, 1.54) is 12.1 Å². The van der Waals surface area contributed by atoms with Crippen molar-refractivity contribution in [3.05, 3.63) is 69.5 Å². The molecule has 0 saturated heterocycles. The normalized spacial score (nSPS) is 12.4. The number of hydrazine groups is 1. The van der Waals surface area contributed by atoms with E-state index in [1.807, 2.05) is 12.1 Å². The van der Waals surface area contributed by atoms with Crippen molar-refractivity contribution in [2.75, 3.05) is 0 Å². The summed E-state index contributed by atoms with van der Waals surface area (Å²) in [5, 5.41) is 1.06. The zero-order valence-electron chi connectivity index (χ0n) is 10.0. The molecule has 2 rings (SSSR count). The summed E-state index contributed by atoms with van der Waals surface area (Å²) in [6.07, 6.45) is 0.567. The molecule has 0 amide bonds. The van der Waals surface area contributed by atoms with Crippen molar-refractivity contribution in [1.82, 2.24) is 5.43 Å². The van der Waals surface area contributed by atoms with Gasteiger partial charge in [-0.1, -0.05) is 41.4 Å². The number of benzene rings is 2. The monoisotopic (exact) mass is 298 g/mol. The van der Waals surface area contributed by atoms with E-state index >= 15 is 0 Å². The average Bonchev–Trinajstić information content (AvgIpc) is 2.39. The Morgan fingerprint density at radius 1 is 1.11 bits per heavy atom. The molecule has 0 fully saturated rings. The van der Waals surface area contributed by atoms with Crippen molar-refractivity contribution in [3.63, 3.8) is 0 Å². The first-order chi connectivity index (χ1) is 9.10. The Morgan fingerprint density at radius 3 is 2.37 bits per heavy atom. The summed E-state index contributed by atoms with van der Waals surface area (Å²) in [7, 11) is 0. The number of nitrogens with one attached hydrogen (secondary N) is 1. The second-order valence-corrected chi connectivity index (χ2v) is 5.05. The third-order valence-corrected chi connectivity index (χ3v) is 3.52. The lowest BCUT2D eigenvalue weighted by Crippen LogP contribution is -2.29. The van der Waals surface area contributed by atoms with E-state index < -0.39 is 0 Å². The lowest BCUT2D eigenvalue weighted by Gasteiger charge is -2.17. The third-order valence-electron chi connectivity index (χ3n) is 2.91. The SMILES string of the molecule is NNC(Cc1ccc(F)cc1Cl)c1ccc(Cl)cc1. The minimum absolute atomic E-state index is 0.111. The molecule has 100 valence electrons. The van der Waals surface area contributed by atoms with Crippen molar-refractivity contribution in [3.8, 4) is 0 Å². The van der Waals surface area contributed by atoms with E-state index in [4.69, 9.17) is 29.0 Å². The predicted octanol–water partition coefficient (Wildman–Crippen LogP) is 3.88. The van der Waals surface area contributed by atoms with Gasteiger partial charge in [-0.2, -0.15) is 0 Å². The van der Waals surface area contributed by atoms with E-state index in [1.54, 1.807) is 18.2 Å². The molecule has 3 N–H and O–H groups in total. The molecular formula is C14H13Cl2FN2. The predicted molar refractivity (Wildman–Crippen MR) is 76.6 cm³/mol. The van der Waals surface area contributed by atoms with Crippen LogP contribution in [0.15, 0.2) is 42.5 Å². The lowest BCUT2D eigenvalue weighted by molar-refractivity contribution is 0.551. The van der Waals surface area contributed by atoms with Crippen LogP contribution < -0.4 is 11.3 Å². The van der Waals surface area contributed by atoms with Crippen molar-refractivity contribution >= 4 is 23.2 Å². The fourth-order valence-corrected chi connectivity index (χ4v) is 2.25. The molecule has 5 heteroatoms. The Balaban J connectivity index is 2.21. The molecule has 2 aromatic rings. The van der Waals surface area contributed by atoms with Crippen LogP contribution in [0.5, 0.6) is 0 Å². The first-order valence-electron chi connectivity index (χ1n) is 5.75. The number of halogens is 3. The third kappa shape index (κ3) is 3.67. The Hall–Kier alpha value is -1.13. The standard InChI is InChI=1S/C14H13Cl2FN2/c15-11-4-1-9(2-5-11)14(19-18)7-10-3-6-12(17)8-13(10)16/h1-6,8,14,19H,7,18H2. The zero-order valence-corrected chi connectivity index (χ0v) is 11.5. The first kappa shape index (κ1) is 14.3. The maximum absolute atomic E-state index is 13.0. The van der Waals surface area contributed by atoms with Crippen LogP contribution in [-0.2, 0) is 6.42 Å². The van der Waals surface area contributed by atoms with Crippen LogP contribution >= 0.6 is 23.2 Å². The molecular weight excluding hydrogens is 286 g/mol. The van der Waals surface area contributed by atoms with Gasteiger partial charge < -0.3 is 0 Å². The van der Waals surface area contributed by atoms with Gasteiger partial charge in [-0.25, -0.2) is 4.39 Å². The highest BCUT2D eigenvalue weighted by atomic mass is 35.5. The minimum atomic E-state index is -0.350. The quantitative estimate of drug-likeness (QED) is 0.664. The molecule has 1 atom stereocenters. The van der Waals surface area contributed by atoms with Gasteiger partial charge in [0.05, 0.1) is 6.04 Å². The Bertz CT molecular complexity index is 558. The summed E-state index contributed by atoms with van der Waals surface area (Å²) in [6.45, 7) is 0. The molecule has 0 aromatic heterocycles. The molecule has 2 aromatic carbocycles.